The van der Waals surface area contributed by atoms with Gasteiger partial charge >= 0.3 is 45.5 Å². The van der Waals surface area contributed by atoms with Crippen molar-refractivity contribution < 1.29 is 24.8 Å². The van der Waals surface area contributed by atoms with E-state index in [4.69, 9.17) is 14.0 Å². The summed E-state index contributed by atoms with van der Waals surface area (Å²) in [4.78, 5) is 0. The molecule has 0 aliphatic rings. The third kappa shape index (κ3) is 27.6. The molecule has 0 saturated carbocycles. The summed E-state index contributed by atoms with van der Waals surface area (Å²) in [5.41, 5.74) is 0. The van der Waals surface area contributed by atoms with Gasteiger partial charge in [0.2, 0.25) is 0 Å². The Balaban J connectivity index is 0. The summed E-state index contributed by atoms with van der Waals surface area (Å²) in [6.07, 6.45) is 0. The molecule has 0 aliphatic heterocycles. The molecule has 0 rings (SSSR count). The van der Waals surface area contributed by atoms with Crippen molar-refractivity contribution in [3.63, 3.8) is 0 Å². The first-order valence-corrected chi connectivity index (χ1v) is 1.39. The van der Waals surface area contributed by atoms with Gasteiger partial charge in [-0.2, -0.15) is 0 Å². The van der Waals surface area contributed by atoms with Crippen molar-refractivity contribution in [1.82, 2.24) is 0 Å². The molecule has 0 N–H and O–H groups in total. The molecule has 0 unspecified atom stereocenters. The second-order valence-electron chi connectivity index (χ2n) is 0.189. The van der Waals surface area contributed by atoms with Gasteiger partial charge in [0.05, 0.1) is 10.8 Å². The van der Waals surface area contributed by atoms with E-state index in [1.165, 1.54) is 0 Å². The quantitative estimate of drug-likeness (QED) is 0.349. The van der Waals surface area contributed by atoms with Crippen LogP contribution in [0.4, 0.5) is 0 Å². The van der Waals surface area contributed by atoms with E-state index in [-0.39, 0.29) is 45.5 Å². The van der Waals surface area contributed by atoms with E-state index in [1.807, 2.05) is 0 Å². The van der Waals surface area contributed by atoms with Crippen LogP contribution in [0.3, 0.4) is 0 Å². The molecule has 0 saturated heterocycles. The molecule has 0 fully saturated rings. The molecule has 0 aromatic heterocycles. The van der Waals surface area contributed by atoms with E-state index < -0.39 is 10.8 Å². The fourth-order valence-corrected chi connectivity index (χ4v) is 0. The first-order chi connectivity index (χ1) is 1.73. The van der Waals surface area contributed by atoms with Crippen LogP contribution in [0.25, 0.3) is 0 Å². The average Bonchev–Trinajstić information content (AvgIpc) is 0.811. The maximum absolute atomic E-state index is 8.41. The van der Waals surface area contributed by atoms with Gasteiger partial charge in [0.25, 0.3) is 0 Å². The van der Waals surface area contributed by atoms with Crippen molar-refractivity contribution in [2.75, 3.05) is 0 Å². The zero-order chi connectivity index (χ0) is 3.58. The number of halogens is 1. The Bertz CT molecular complexity index is 11.6. The van der Waals surface area contributed by atoms with Crippen molar-refractivity contribution >= 4 is 45.5 Å². The largest absolute Gasteiger partial charge is 2.00 e. The summed E-state index contributed by atoms with van der Waals surface area (Å²) in [7, 11) is -2.85. The monoisotopic (exact) mass is 171 g/mol. The van der Waals surface area contributed by atoms with Gasteiger partial charge in [-0.3, -0.25) is 0 Å². The summed E-state index contributed by atoms with van der Waals surface area (Å²) in [5, 5.41) is 0. The van der Waals surface area contributed by atoms with Gasteiger partial charge in [0.1, 0.15) is 0 Å². The molecule has 0 atom stereocenters. The Kier molecular flexibility index (Phi) is 11.1. The van der Waals surface area contributed by atoms with Crippen molar-refractivity contribution in [3.8, 4) is 0 Å². The molecule has 0 radical (unpaired) electrons. The molecule has 0 aromatic carbocycles. The predicted octanol–water partition coefficient (Wildman–Crippen LogP) is -3.95. The number of hydrogen-bond acceptors (Lipinski definition) is 3. The van der Waals surface area contributed by atoms with Crippen LogP contribution in [-0.4, -0.2) is 45.5 Å². The van der Waals surface area contributed by atoms with Gasteiger partial charge in [-0.25, -0.2) is 0 Å². The summed E-state index contributed by atoms with van der Waals surface area (Å²) >= 11 is 0. The molecule has 5 heavy (non-hydrogen) atoms. The average molecular weight is 171 g/mol. The molecule has 0 heterocycles. The van der Waals surface area contributed by atoms with Gasteiger partial charge in [-0.15, -0.1) is 0 Å². The first-order valence-electron chi connectivity index (χ1n) is 0.463. The van der Waals surface area contributed by atoms with E-state index in [0.29, 0.717) is 0 Å². The Morgan fingerprint density at radius 2 is 1.00 bits per heavy atom. The summed E-state index contributed by atoms with van der Waals surface area (Å²) in [5.74, 6) is 0. The molecule has 0 amide bonds. The molecule has 0 aromatic rings. The standard InChI is InChI=1S/ClO3.Sr/c2-1(3)4;/q-1;+2. The predicted molar refractivity (Wildman–Crippen MR) is 5.75 cm³/mol. The SMILES string of the molecule is [O-][Cl+2]([O-])[O-].[Sr+2]. The maximum atomic E-state index is 8.41. The van der Waals surface area contributed by atoms with Gasteiger partial charge in [0, 0.05) is 0 Å². The van der Waals surface area contributed by atoms with Crippen LogP contribution < -0.4 is 14.0 Å². The Hall–Kier alpha value is 1.65. The van der Waals surface area contributed by atoms with E-state index >= 15 is 0 Å². The van der Waals surface area contributed by atoms with E-state index in [0.717, 1.165) is 0 Å². The zero-order valence-electron chi connectivity index (χ0n) is 2.31. The van der Waals surface area contributed by atoms with Crippen LogP contribution in [0.2, 0.25) is 0 Å². The van der Waals surface area contributed by atoms with Crippen LogP contribution in [0.15, 0.2) is 0 Å². The minimum absolute atomic E-state index is 0. The smallest absolute Gasteiger partial charge is 0.357 e. The fourth-order valence-electron chi connectivity index (χ4n) is 0. The molecule has 26 valence electrons. The summed E-state index contributed by atoms with van der Waals surface area (Å²) < 4.78 is 25.2. The van der Waals surface area contributed by atoms with Crippen molar-refractivity contribution in [1.29, 1.82) is 0 Å². The molecule has 0 bridgehead atoms. The number of hydrogen-bond donors (Lipinski definition) is 0. The molecule has 0 spiro atoms. The Morgan fingerprint density at radius 1 is 1.00 bits per heavy atom. The van der Waals surface area contributed by atoms with E-state index in [1.54, 1.807) is 0 Å². The molecular weight excluding hydrogens is 171 g/mol. The third-order valence-electron chi connectivity index (χ3n) is 0. The van der Waals surface area contributed by atoms with Crippen LogP contribution in [0, 0.1) is 10.8 Å². The van der Waals surface area contributed by atoms with Gasteiger partial charge in [-0.1, -0.05) is 0 Å². The van der Waals surface area contributed by atoms with Gasteiger partial charge in [0.15, 0.2) is 0 Å². The molecule has 0 aliphatic carbocycles. The molecule has 5 heteroatoms. The summed E-state index contributed by atoms with van der Waals surface area (Å²) in [6.45, 7) is 0. The zero-order valence-corrected chi connectivity index (χ0v) is 6.54. The van der Waals surface area contributed by atoms with Crippen LogP contribution in [0.1, 0.15) is 0 Å². The Morgan fingerprint density at radius 3 is 1.00 bits per heavy atom. The van der Waals surface area contributed by atoms with Crippen molar-refractivity contribution in [2.45, 2.75) is 0 Å². The number of rotatable bonds is 0. The Labute approximate surface area is 69.3 Å². The summed E-state index contributed by atoms with van der Waals surface area (Å²) in [6, 6.07) is 0. The van der Waals surface area contributed by atoms with Crippen molar-refractivity contribution in [2.24, 2.45) is 0 Å². The van der Waals surface area contributed by atoms with Gasteiger partial charge < -0.3 is 14.0 Å². The van der Waals surface area contributed by atoms with E-state index in [2.05, 4.69) is 0 Å². The van der Waals surface area contributed by atoms with Crippen LogP contribution in [-0.2, 0) is 0 Å². The normalized spacial score (nSPS) is 7.20. The van der Waals surface area contributed by atoms with Crippen LogP contribution in [0.5, 0.6) is 0 Å². The second kappa shape index (κ2) is 5.65. The second-order valence-corrected chi connectivity index (χ2v) is 0.567. The fraction of sp³-hybridized carbons (Fsp3) is 0. The molecule has 3 nitrogen and oxygen atoms in total. The van der Waals surface area contributed by atoms with E-state index in [9.17, 15) is 0 Å². The van der Waals surface area contributed by atoms with Gasteiger partial charge in [-0.05, 0) is 0 Å². The topological polar surface area (TPSA) is 69.2 Å². The first kappa shape index (κ1) is 9.82. The minimum Gasteiger partial charge on any atom is -0.357 e. The molecular formula is ClO3Sr+. The van der Waals surface area contributed by atoms with Crippen LogP contribution >= 0.6 is 0 Å². The third-order valence-corrected chi connectivity index (χ3v) is 0. The minimum atomic E-state index is -2.85. The maximum Gasteiger partial charge on any atom is 2.00 e. The van der Waals surface area contributed by atoms with Crippen molar-refractivity contribution in [3.05, 3.63) is 0 Å².